The zero-order chi connectivity index (χ0) is 17.2. The van der Waals surface area contributed by atoms with E-state index in [1.54, 1.807) is 0 Å². The lowest BCUT2D eigenvalue weighted by Gasteiger charge is -2.38. The first-order chi connectivity index (χ1) is 10.5. The lowest BCUT2D eigenvalue weighted by atomic mass is 9.74. The molecule has 1 aromatic carbocycles. The normalized spacial score (nSPS) is 28.3. The molecular weight excluding hydrogens is 333 g/mol. The molecule has 0 saturated heterocycles. The van der Waals surface area contributed by atoms with Crippen molar-refractivity contribution in [2.75, 3.05) is 6.26 Å². The molecule has 23 heavy (non-hydrogen) atoms. The predicted octanol–water partition coefficient (Wildman–Crippen LogP) is 2.10. The van der Waals surface area contributed by atoms with E-state index in [2.05, 4.69) is 0 Å². The Morgan fingerprint density at radius 2 is 1.91 bits per heavy atom. The molecule has 3 atom stereocenters. The van der Waals surface area contributed by atoms with Crippen LogP contribution < -0.4 is 0 Å². The van der Waals surface area contributed by atoms with Gasteiger partial charge in [0.1, 0.15) is 12.3 Å². The molecule has 0 radical (unpaired) electrons. The maximum atomic E-state index is 13.9. The summed E-state index contributed by atoms with van der Waals surface area (Å²) in [4.78, 5) is -0.185. The molecule has 0 aromatic heterocycles. The van der Waals surface area contributed by atoms with Crippen LogP contribution in [0, 0.1) is 5.92 Å². The molecule has 0 heterocycles. The number of benzene rings is 1. The Balaban J connectivity index is 2.05. The number of aliphatic hydroxyl groups excluding tert-OH is 2. The van der Waals surface area contributed by atoms with Crippen LogP contribution in [0.25, 0.3) is 0 Å². The second-order valence-corrected chi connectivity index (χ2v) is 8.44. The second-order valence-electron chi connectivity index (χ2n) is 6.45. The van der Waals surface area contributed by atoms with Crippen molar-refractivity contribution in [2.45, 2.75) is 48.5 Å². The monoisotopic (exact) mass is 350 g/mol. The van der Waals surface area contributed by atoms with Crippen LogP contribution in [0.1, 0.15) is 41.7 Å². The number of alkyl halides is 3. The molecule has 2 aliphatic carbocycles. The largest absolute Gasteiger partial charge is 0.388 e. The van der Waals surface area contributed by atoms with Crippen LogP contribution in [-0.2, 0) is 16.3 Å². The van der Waals surface area contributed by atoms with Gasteiger partial charge < -0.3 is 10.2 Å². The highest BCUT2D eigenvalue weighted by Gasteiger charge is 2.49. The van der Waals surface area contributed by atoms with Crippen LogP contribution in [-0.4, -0.2) is 37.0 Å². The number of rotatable bonds is 3. The number of sulfone groups is 1. The van der Waals surface area contributed by atoms with Crippen molar-refractivity contribution in [3.8, 4) is 0 Å². The van der Waals surface area contributed by atoms with Gasteiger partial charge in [0.05, 0.1) is 11.0 Å². The SMILES string of the molecule is CS(=O)(=O)c1ccc([C@H](O)C2CC(F)(F)C2)c2c1[C@H](O)[C@H](F)C2. The van der Waals surface area contributed by atoms with E-state index in [1.165, 1.54) is 12.1 Å². The Morgan fingerprint density at radius 1 is 1.30 bits per heavy atom. The van der Waals surface area contributed by atoms with Gasteiger partial charge >= 0.3 is 0 Å². The van der Waals surface area contributed by atoms with Gasteiger partial charge in [-0.1, -0.05) is 6.07 Å². The van der Waals surface area contributed by atoms with E-state index in [9.17, 15) is 31.8 Å². The van der Waals surface area contributed by atoms with Gasteiger partial charge in [-0.05, 0) is 17.2 Å². The summed E-state index contributed by atoms with van der Waals surface area (Å²) >= 11 is 0. The number of aliphatic hydroxyl groups is 2. The van der Waals surface area contributed by atoms with Gasteiger partial charge in [-0.3, -0.25) is 0 Å². The number of hydrogen-bond acceptors (Lipinski definition) is 4. The minimum Gasteiger partial charge on any atom is -0.388 e. The quantitative estimate of drug-likeness (QED) is 0.875. The van der Waals surface area contributed by atoms with Crippen molar-refractivity contribution < 1.29 is 31.8 Å². The highest BCUT2D eigenvalue weighted by atomic mass is 32.2. The fourth-order valence-electron chi connectivity index (χ4n) is 3.48. The van der Waals surface area contributed by atoms with Crippen LogP contribution in [0.5, 0.6) is 0 Å². The fourth-order valence-corrected chi connectivity index (χ4v) is 4.44. The van der Waals surface area contributed by atoms with Crippen molar-refractivity contribution in [1.29, 1.82) is 0 Å². The van der Waals surface area contributed by atoms with Gasteiger partial charge in [-0.15, -0.1) is 0 Å². The molecule has 1 fully saturated rings. The molecular formula is C15H17F3O4S. The lowest BCUT2D eigenvalue weighted by molar-refractivity contribution is -0.142. The summed E-state index contributed by atoms with van der Waals surface area (Å²) in [5.41, 5.74) is 0.394. The van der Waals surface area contributed by atoms with Crippen molar-refractivity contribution in [3.63, 3.8) is 0 Å². The first-order valence-corrected chi connectivity index (χ1v) is 9.14. The number of halogens is 3. The Kier molecular flexibility index (Phi) is 3.77. The van der Waals surface area contributed by atoms with Crippen LogP contribution >= 0.6 is 0 Å². The minimum atomic E-state index is -3.69. The van der Waals surface area contributed by atoms with Crippen LogP contribution in [0.4, 0.5) is 13.2 Å². The Hall–Kier alpha value is -1.12. The van der Waals surface area contributed by atoms with E-state index in [0.29, 0.717) is 0 Å². The van der Waals surface area contributed by atoms with Gasteiger partial charge in [0.2, 0.25) is 5.92 Å². The summed E-state index contributed by atoms with van der Waals surface area (Å²) in [7, 11) is -3.69. The molecule has 2 aliphatic rings. The Bertz CT molecular complexity index is 739. The Labute approximate surface area is 131 Å². The van der Waals surface area contributed by atoms with Gasteiger partial charge in [-0.25, -0.2) is 21.6 Å². The van der Waals surface area contributed by atoms with E-state index in [0.717, 1.165) is 6.26 Å². The Morgan fingerprint density at radius 3 is 2.43 bits per heavy atom. The molecule has 1 aromatic rings. The van der Waals surface area contributed by atoms with Gasteiger partial charge in [-0.2, -0.15) is 0 Å². The zero-order valence-electron chi connectivity index (χ0n) is 12.3. The molecule has 8 heteroatoms. The van der Waals surface area contributed by atoms with E-state index in [1.807, 2.05) is 0 Å². The second kappa shape index (κ2) is 5.19. The molecule has 4 nitrogen and oxygen atoms in total. The minimum absolute atomic E-state index is 0.0531. The van der Waals surface area contributed by atoms with E-state index >= 15 is 0 Å². The maximum Gasteiger partial charge on any atom is 0.248 e. The molecule has 3 rings (SSSR count). The summed E-state index contributed by atoms with van der Waals surface area (Å²) in [5, 5.41) is 20.3. The smallest absolute Gasteiger partial charge is 0.248 e. The molecule has 0 amide bonds. The van der Waals surface area contributed by atoms with Crippen LogP contribution in [0.15, 0.2) is 17.0 Å². The topological polar surface area (TPSA) is 74.6 Å². The molecule has 0 spiro atoms. The molecule has 1 saturated carbocycles. The third-order valence-electron chi connectivity index (χ3n) is 4.68. The lowest BCUT2D eigenvalue weighted by Crippen LogP contribution is -2.39. The standard InChI is InChI=1S/C15H17F3O4S/c1-23(21,22)11-3-2-8(9-4-10(16)14(20)12(9)11)13(19)7-5-15(17,18)6-7/h2-3,7,10,13-14,19-20H,4-6H2,1H3/t10-,13-,14-/m1/s1. The van der Waals surface area contributed by atoms with Crippen molar-refractivity contribution in [3.05, 3.63) is 28.8 Å². The summed E-state index contributed by atoms with van der Waals surface area (Å²) in [5.74, 6) is -3.46. The maximum absolute atomic E-state index is 13.9. The van der Waals surface area contributed by atoms with Crippen LogP contribution in [0.2, 0.25) is 0 Å². The van der Waals surface area contributed by atoms with Crippen molar-refractivity contribution >= 4 is 9.84 Å². The molecule has 128 valence electrons. The molecule has 0 bridgehead atoms. The molecule has 0 unspecified atom stereocenters. The van der Waals surface area contributed by atoms with Crippen molar-refractivity contribution in [1.82, 2.24) is 0 Å². The highest BCUT2D eigenvalue weighted by Crippen LogP contribution is 2.50. The first-order valence-electron chi connectivity index (χ1n) is 7.25. The van der Waals surface area contributed by atoms with Gasteiger partial charge in [0.15, 0.2) is 9.84 Å². The fraction of sp³-hybridized carbons (Fsp3) is 0.600. The van der Waals surface area contributed by atoms with Gasteiger partial charge in [0.25, 0.3) is 0 Å². The predicted molar refractivity (Wildman–Crippen MR) is 75.7 cm³/mol. The van der Waals surface area contributed by atoms with Crippen molar-refractivity contribution in [2.24, 2.45) is 5.92 Å². The average molecular weight is 350 g/mol. The number of hydrogen-bond donors (Lipinski definition) is 2. The van der Waals surface area contributed by atoms with E-state index in [4.69, 9.17) is 0 Å². The summed E-state index contributed by atoms with van der Waals surface area (Å²) in [6, 6.07) is 2.53. The average Bonchev–Trinajstić information content (AvgIpc) is 2.69. The van der Waals surface area contributed by atoms with E-state index in [-0.39, 0.29) is 28.0 Å². The third kappa shape index (κ3) is 2.77. The van der Waals surface area contributed by atoms with Gasteiger partial charge in [0, 0.05) is 37.0 Å². The number of fused-ring (bicyclic) bond motifs is 1. The molecule has 0 aliphatic heterocycles. The van der Waals surface area contributed by atoms with E-state index < -0.39 is 52.9 Å². The zero-order valence-corrected chi connectivity index (χ0v) is 13.2. The third-order valence-corrected chi connectivity index (χ3v) is 5.83. The highest BCUT2D eigenvalue weighted by molar-refractivity contribution is 7.90. The summed E-state index contributed by atoms with van der Waals surface area (Å²) < 4.78 is 63.5. The summed E-state index contributed by atoms with van der Waals surface area (Å²) in [6.07, 6.45) is -4.71. The molecule has 2 N–H and O–H groups in total. The first kappa shape index (κ1) is 16.7. The van der Waals surface area contributed by atoms with Crippen LogP contribution in [0.3, 0.4) is 0 Å². The summed E-state index contributed by atoms with van der Waals surface area (Å²) in [6.45, 7) is 0.